The van der Waals surface area contributed by atoms with E-state index in [-0.39, 0.29) is 16.9 Å². The number of hydrogen-bond acceptors (Lipinski definition) is 5. The normalized spacial score (nSPS) is 14.5. The molecular formula is C20H21FN2O5S. The quantitative estimate of drug-likeness (QED) is 0.694. The van der Waals surface area contributed by atoms with Crippen LogP contribution < -0.4 is 5.32 Å². The molecule has 3 rings (SSSR count). The molecule has 154 valence electrons. The number of ether oxygens (including phenoxy) is 1. The van der Waals surface area contributed by atoms with Crippen molar-refractivity contribution in [3.8, 4) is 0 Å². The Morgan fingerprint density at radius 3 is 2.34 bits per heavy atom. The summed E-state index contributed by atoms with van der Waals surface area (Å²) in [5.74, 6) is -1.82. The Morgan fingerprint density at radius 1 is 1.03 bits per heavy atom. The zero-order valence-corrected chi connectivity index (χ0v) is 16.5. The van der Waals surface area contributed by atoms with Crippen molar-refractivity contribution < 1.29 is 27.1 Å². The van der Waals surface area contributed by atoms with E-state index in [2.05, 4.69) is 5.32 Å². The van der Waals surface area contributed by atoms with E-state index >= 15 is 0 Å². The number of carbonyl (C=O) groups is 2. The Hall–Kier alpha value is -2.78. The van der Waals surface area contributed by atoms with E-state index < -0.39 is 34.3 Å². The van der Waals surface area contributed by atoms with Crippen molar-refractivity contribution in [1.82, 2.24) is 4.31 Å². The van der Waals surface area contributed by atoms with Crippen LogP contribution >= 0.6 is 0 Å². The van der Waals surface area contributed by atoms with E-state index in [4.69, 9.17) is 4.74 Å². The van der Waals surface area contributed by atoms with E-state index in [1.807, 2.05) is 0 Å². The molecule has 1 aliphatic rings. The molecule has 1 saturated heterocycles. The molecule has 29 heavy (non-hydrogen) atoms. The summed E-state index contributed by atoms with van der Waals surface area (Å²) in [4.78, 5) is 23.9. The van der Waals surface area contributed by atoms with Crippen LogP contribution in [0.4, 0.5) is 10.1 Å². The monoisotopic (exact) mass is 420 g/mol. The van der Waals surface area contributed by atoms with Gasteiger partial charge in [-0.2, -0.15) is 4.31 Å². The maximum atomic E-state index is 13.5. The standard InChI is InChI=1S/C20H21FN2O5S/c21-18-6-2-1-5-15(18)13-20(25)28-14-19(24)22-16-7-9-17(10-8-16)29(26,27)23-11-3-4-12-23/h1-2,5-10H,3-4,11-14H2,(H,22,24). The second-order valence-corrected chi connectivity index (χ2v) is 8.55. The van der Waals surface area contributed by atoms with Crippen LogP contribution in [0.1, 0.15) is 18.4 Å². The van der Waals surface area contributed by atoms with Gasteiger partial charge in [0, 0.05) is 18.8 Å². The first-order chi connectivity index (χ1) is 13.9. The van der Waals surface area contributed by atoms with E-state index in [0.29, 0.717) is 18.8 Å². The Morgan fingerprint density at radius 2 is 1.69 bits per heavy atom. The predicted octanol–water partition coefficient (Wildman–Crippen LogP) is 2.33. The number of esters is 1. The van der Waals surface area contributed by atoms with Crippen molar-refractivity contribution in [3.05, 3.63) is 59.9 Å². The predicted molar refractivity (Wildman–Crippen MR) is 104 cm³/mol. The average molecular weight is 420 g/mol. The van der Waals surface area contributed by atoms with E-state index in [1.165, 1.54) is 46.8 Å². The topological polar surface area (TPSA) is 92.8 Å². The van der Waals surface area contributed by atoms with Crippen LogP contribution in [0.3, 0.4) is 0 Å². The minimum Gasteiger partial charge on any atom is -0.455 e. The van der Waals surface area contributed by atoms with Crippen LogP contribution in [0.15, 0.2) is 53.4 Å². The van der Waals surface area contributed by atoms with Crippen molar-refractivity contribution >= 4 is 27.6 Å². The average Bonchev–Trinajstić information content (AvgIpc) is 3.24. The maximum Gasteiger partial charge on any atom is 0.310 e. The molecule has 9 heteroatoms. The number of halogens is 1. The zero-order valence-electron chi connectivity index (χ0n) is 15.6. The molecule has 2 aromatic carbocycles. The van der Waals surface area contributed by atoms with E-state index in [1.54, 1.807) is 6.07 Å². The van der Waals surface area contributed by atoms with Crippen molar-refractivity contribution in [2.45, 2.75) is 24.2 Å². The highest BCUT2D eigenvalue weighted by Gasteiger charge is 2.26. The molecule has 0 saturated carbocycles. The molecule has 0 radical (unpaired) electrons. The minimum atomic E-state index is -3.52. The van der Waals surface area contributed by atoms with Gasteiger partial charge in [0.2, 0.25) is 10.0 Å². The fourth-order valence-electron chi connectivity index (χ4n) is 2.98. The molecule has 0 bridgehead atoms. The van der Waals surface area contributed by atoms with Crippen LogP contribution in [0.2, 0.25) is 0 Å². The van der Waals surface area contributed by atoms with Crippen molar-refractivity contribution in [3.63, 3.8) is 0 Å². The van der Waals surface area contributed by atoms with Gasteiger partial charge >= 0.3 is 5.97 Å². The number of sulfonamides is 1. The van der Waals surface area contributed by atoms with Gasteiger partial charge in [0.1, 0.15) is 5.82 Å². The molecule has 0 aliphatic carbocycles. The Bertz CT molecular complexity index is 986. The van der Waals surface area contributed by atoms with Gasteiger partial charge in [-0.15, -0.1) is 0 Å². The van der Waals surface area contributed by atoms with Gasteiger partial charge < -0.3 is 10.1 Å². The largest absolute Gasteiger partial charge is 0.455 e. The summed E-state index contributed by atoms with van der Waals surface area (Å²) < 4.78 is 44.8. The van der Waals surface area contributed by atoms with Crippen molar-refractivity contribution in [2.75, 3.05) is 25.0 Å². The first-order valence-corrected chi connectivity index (χ1v) is 10.6. The lowest BCUT2D eigenvalue weighted by Gasteiger charge is -2.15. The highest BCUT2D eigenvalue weighted by Crippen LogP contribution is 2.22. The third-order valence-electron chi connectivity index (χ3n) is 4.50. The number of nitrogens with one attached hydrogen (secondary N) is 1. The zero-order chi connectivity index (χ0) is 20.9. The lowest BCUT2D eigenvalue weighted by Crippen LogP contribution is -2.27. The number of rotatable bonds is 7. The lowest BCUT2D eigenvalue weighted by molar-refractivity contribution is -0.146. The summed E-state index contributed by atoms with van der Waals surface area (Å²) in [6.45, 7) is 0.499. The third-order valence-corrected chi connectivity index (χ3v) is 6.41. The third kappa shape index (κ3) is 5.39. The summed E-state index contributed by atoms with van der Waals surface area (Å²) >= 11 is 0. The highest BCUT2D eigenvalue weighted by atomic mass is 32.2. The molecule has 2 aromatic rings. The summed E-state index contributed by atoms with van der Waals surface area (Å²) in [6.07, 6.45) is 1.43. The van der Waals surface area contributed by atoms with Crippen molar-refractivity contribution in [2.24, 2.45) is 0 Å². The van der Waals surface area contributed by atoms with Gasteiger partial charge in [-0.05, 0) is 48.7 Å². The summed E-state index contributed by atoms with van der Waals surface area (Å²) in [6, 6.07) is 11.6. The Balaban J connectivity index is 1.50. The SMILES string of the molecule is O=C(COC(=O)Cc1ccccc1F)Nc1ccc(S(=O)(=O)N2CCCC2)cc1. The molecule has 1 fully saturated rings. The fourth-order valence-corrected chi connectivity index (χ4v) is 4.50. The molecule has 0 unspecified atom stereocenters. The van der Waals surface area contributed by atoms with Crippen molar-refractivity contribution in [1.29, 1.82) is 0 Å². The van der Waals surface area contributed by atoms with Gasteiger partial charge in [0.25, 0.3) is 5.91 Å². The van der Waals surface area contributed by atoms with E-state index in [9.17, 15) is 22.4 Å². The minimum absolute atomic E-state index is 0.161. The number of benzene rings is 2. The smallest absolute Gasteiger partial charge is 0.310 e. The van der Waals surface area contributed by atoms with Crippen LogP contribution in [0.25, 0.3) is 0 Å². The summed E-state index contributed by atoms with van der Waals surface area (Å²) in [5.41, 5.74) is 0.563. The molecule has 1 N–H and O–H groups in total. The van der Waals surface area contributed by atoms with Crippen LogP contribution in [0.5, 0.6) is 0 Å². The lowest BCUT2D eigenvalue weighted by atomic mass is 10.1. The number of anilines is 1. The fraction of sp³-hybridized carbons (Fsp3) is 0.300. The number of nitrogens with zero attached hydrogens (tertiary/aromatic N) is 1. The second kappa shape index (κ2) is 9.15. The van der Waals surface area contributed by atoms with Gasteiger partial charge in [-0.1, -0.05) is 18.2 Å². The molecule has 0 spiro atoms. The second-order valence-electron chi connectivity index (χ2n) is 6.61. The molecule has 1 heterocycles. The van der Waals surface area contributed by atoms with Crippen LogP contribution in [-0.2, 0) is 30.8 Å². The summed E-state index contributed by atoms with van der Waals surface area (Å²) in [5, 5.41) is 2.52. The van der Waals surface area contributed by atoms with Gasteiger partial charge in [0.05, 0.1) is 11.3 Å². The van der Waals surface area contributed by atoms with Gasteiger partial charge in [0.15, 0.2) is 6.61 Å². The van der Waals surface area contributed by atoms with Crippen LogP contribution in [0, 0.1) is 5.82 Å². The summed E-state index contributed by atoms with van der Waals surface area (Å²) in [7, 11) is -3.52. The Kier molecular flexibility index (Phi) is 6.60. The van der Waals surface area contributed by atoms with Crippen LogP contribution in [-0.4, -0.2) is 44.3 Å². The van der Waals surface area contributed by atoms with E-state index in [0.717, 1.165) is 12.8 Å². The molecule has 7 nitrogen and oxygen atoms in total. The Labute approximate surface area is 168 Å². The van der Waals surface area contributed by atoms with Gasteiger partial charge in [-0.3, -0.25) is 9.59 Å². The molecule has 0 atom stereocenters. The maximum absolute atomic E-state index is 13.5. The molecule has 0 aromatic heterocycles. The molecule has 1 aliphatic heterocycles. The first kappa shape index (κ1) is 20.9. The first-order valence-electron chi connectivity index (χ1n) is 9.15. The molecular weight excluding hydrogens is 399 g/mol. The highest BCUT2D eigenvalue weighted by molar-refractivity contribution is 7.89. The number of carbonyl (C=O) groups excluding carboxylic acids is 2. The molecule has 1 amide bonds. The van der Waals surface area contributed by atoms with Gasteiger partial charge in [-0.25, -0.2) is 12.8 Å². The number of amides is 1. The number of hydrogen-bond donors (Lipinski definition) is 1.